The largest absolute Gasteiger partial charge is 0.204 e. The third-order valence-corrected chi connectivity index (χ3v) is 1.48. The monoisotopic (exact) mass is 132 g/mol. The molecule has 1 heterocycles. The molecule has 3 nitrogen and oxygen atoms in total. The lowest BCUT2D eigenvalue weighted by Gasteiger charge is -1.88. The lowest BCUT2D eigenvalue weighted by atomic mass is 10.3. The van der Waals surface area contributed by atoms with Crippen molar-refractivity contribution in [3.63, 3.8) is 0 Å². The molecule has 0 atom stereocenters. The smallest absolute Gasteiger partial charge is 0.0938 e. The van der Waals surface area contributed by atoms with Gasteiger partial charge >= 0.3 is 0 Å². The van der Waals surface area contributed by atoms with Gasteiger partial charge in [-0.2, -0.15) is 9.89 Å². The first-order valence-corrected chi connectivity index (χ1v) is 3.02. The predicted molar refractivity (Wildman–Crippen MR) is 38.2 cm³/mol. The summed E-state index contributed by atoms with van der Waals surface area (Å²) in [6, 6.07) is 7.64. The lowest BCUT2D eigenvalue weighted by Crippen LogP contribution is -1.93. The second-order valence-electron chi connectivity index (χ2n) is 2.12. The maximum atomic E-state index is 7.25. The summed E-state index contributed by atoms with van der Waals surface area (Å²) in [7, 11) is 0. The van der Waals surface area contributed by atoms with Crippen LogP contribution in [0.3, 0.4) is 0 Å². The van der Waals surface area contributed by atoms with E-state index >= 15 is 0 Å². The molecule has 1 aromatic carbocycles. The number of hydrogen-bond acceptors (Lipinski definition) is 1. The molecule has 0 saturated carbocycles. The van der Waals surface area contributed by atoms with Crippen molar-refractivity contribution in [2.45, 2.75) is 0 Å². The van der Waals surface area contributed by atoms with Gasteiger partial charge in [0.25, 0.3) is 0 Å². The van der Waals surface area contributed by atoms with Crippen LogP contribution in [0.1, 0.15) is 0 Å². The summed E-state index contributed by atoms with van der Waals surface area (Å²) >= 11 is 0. The molecule has 0 aliphatic heterocycles. The third-order valence-electron chi connectivity index (χ3n) is 1.48. The molecule has 1 aromatic heterocycles. The third kappa shape index (κ3) is 0.572. The highest BCUT2D eigenvalue weighted by atomic mass is 15.5. The second kappa shape index (κ2) is 1.73. The molecule has 2 aromatic rings. The van der Waals surface area contributed by atoms with E-state index < -0.39 is 0 Å². The molecule has 0 amide bonds. The Bertz CT molecular complexity index is 350. The van der Waals surface area contributed by atoms with E-state index in [1.54, 1.807) is 6.20 Å². The van der Waals surface area contributed by atoms with Crippen LogP contribution in [-0.4, -0.2) is 9.89 Å². The maximum Gasteiger partial charge on any atom is 0.0938 e. The minimum atomic E-state index is 0.850. The van der Waals surface area contributed by atoms with E-state index in [-0.39, 0.29) is 0 Å². The van der Waals surface area contributed by atoms with E-state index in [4.69, 9.17) is 5.84 Å². The molecule has 0 fully saturated rings. The Kier molecular flexibility index (Phi) is 0.917. The van der Waals surface area contributed by atoms with Crippen LogP contribution in [0.2, 0.25) is 0 Å². The van der Waals surface area contributed by atoms with Gasteiger partial charge in [0.1, 0.15) is 0 Å². The summed E-state index contributed by atoms with van der Waals surface area (Å²) in [4.78, 5) is 1.12. The van der Waals surface area contributed by atoms with Gasteiger partial charge in [0, 0.05) is 5.39 Å². The van der Waals surface area contributed by atoms with E-state index in [9.17, 15) is 0 Å². The van der Waals surface area contributed by atoms with Gasteiger partial charge in [-0.25, -0.2) is 5.84 Å². The van der Waals surface area contributed by atoms with Crippen LogP contribution in [0.5, 0.6) is 0 Å². The number of nitrogens with one attached hydrogen (secondary N) is 1. The number of hydrogen-bond donors (Lipinski definition) is 0. The highest BCUT2D eigenvalue weighted by molar-refractivity contribution is 5.77. The first-order valence-electron chi connectivity index (χ1n) is 3.02. The van der Waals surface area contributed by atoms with Crippen LogP contribution >= 0.6 is 0 Å². The van der Waals surface area contributed by atoms with E-state index in [0.717, 1.165) is 15.7 Å². The molecule has 1 radical (unpaired) electrons. The minimum Gasteiger partial charge on any atom is -0.204 e. The van der Waals surface area contributed by atoms with Crippen molar-refractivity contribution in [2.75, 3.05) is 0 Å². The first kappa shape index (κ1) is 5.29. The van der Waals surface area contributed by atoms with Crippen molar-refractivity contribution < 1.29 is 0 Å². The van der Waals surface area contributed by atoms with Gasteiger partial charge in [0.15, 0.2) is 0 Å². The normalized spacial score (nSPS) is 10.4. The van der Waals surface area contributed by atoms with Crippen LogP contribution in [0.4, 0.5) is 0 Å². The zero-order valence-corrected chi connectivity index (χ0v) is 5.28. The second-order valence-corrected chi connectivity index (χ2v) is 2.12. The van der Waals surface area contributed by atoms with E-state index in [1.165, 1.54) is 0 Å². The van der Waals surface area contributed by atoms with Crippen molar-refractivity contribution in [1.29, 1.82) is 0 Å². The molecule has 0 spiro atoms. The highest BCUT2D eigenvalue weighted by Gasteiger charge is 1.95. The number of aromatic nitrogens is 2. The first-order chi connectivity index (χ1) is 4.88. The van der Waals surface area contributed by atoms with E-state index in [1.807, 2.05) is 24.3 Å². The number of benzene rings is 1. The Morgan fingerprint density at radius 2 is 2.10 bits per heavy atom. The van der Waals surface area contributed by atoms with Crippen LogP contribution in [-0.2, 0) is 0 Å². The van der Waals surface area contributed by atoms with Crippen LogP contribution in [0, 0.1) is 0 Å². The molecular formula is C7H6N3. The number of nitrogens with zero attached hydrogens (tertiary/aromatic N) is 2. The summed E-state index contributed by atoms with van der Waals surface area (Å²) in [6.07, 6.45) is 1.68. The van der Waals surface area contributed by atoms with Crippen LogP contribution in [0.25, 0.3) is 10.9 Å². The summed E-state index contributed by atoms with van der Waals surface area (Å²) in [5, 5.41) is 4.79. The average Bonchev–Trinajstić information content (AvgIpc) is 2.34. The van der Waals surface area contributed by atoms with Crippen molar-refractivity contribution in [2.24, 2.45) is 0 Å². The Labute approximate surface area is 58.0 Å². The Balaban J connectivity index is 2.93. The zero-order chi connectivity index (χ0) is 6.97. The molecule has 2 rings (SSSR count). The molecular weight excluding hydrogens is 126 g/mol. The van der Waals surface area contributed by atoms with Gasteiger partial charge in [0.05, 0.1) is 11.7 Å². The molecule has 3 heteroatoms. The zero-order valence-electron chi connectivity index (χ0n) is 5.28. The van der Waals surface area contributed by atoms with Crippen molar-refractivity contribution in [3.8, 4) is 0 Å². The maximum absolute atomic E-state index is 7.25. The summed E-state index contributed by atoms with van der Waals surface area (Å²) < 4.78 is 0. The van der Waals surface area contributed by atoms with Gasteiger partial charge in [-0.3, -0.25) is 0 Å². The van der Waals surface area contributed by atoms with Gasteiger partial charge in [-0.15, -0.1) is 0 Å². The van der Waals surface area contributed by atoms with Gasteiger partial charge in [-0.1, -0.05) is 18.2 Å². The molecule has 0 bridgehead atoms. The molecule has 10 heavy (non-hydrogen) atoms. The fourth-order valence-corrected chi connectivity index (χ4v) is 0.972. The quantitative estimate of drug-likeness (QED) is 0.528. The van der Waals surface area contributed by atoms with Crippen LogP contribution < -0.4 is 5.84 Å². The number of para-hydroxylation sites is 1. The summed E-state index contributed by atoms with van der Waals surface area (Å²) in [5.41, 5.74) is 0.850. The fraction of sp³-hybridized carbons (Fsp3) is 0. The Morgan fingerprint density at radius 3 is 2.90 bits per heavy atom. The molecule has 1 N–H and O–H groups in total. The number of fused-ring (bicyclic) bond motifs is 1. The average molecular weight is 132 g/mol. The Hall–Kier alpha value is -1.51. The van der Waals surface area contributed by atoms with Gasteiger partial charge in [0.2, 0.25) is 0 Å². The summed E-state index contributed by atoms with van der Waals surface area (Å²) in [6.45, 7) is 0. The highest BCUT2D eigenvalue weighted by Crippen LogP contribution is 2.09. The molecule has 0 unspecified atom stereocenters. The van der Waals surface area contributed by atoms with Crippen molar-refractivity contribution >= 4 is 10.9 Å². The topological polar surface area (TPSA) is 41.6 Å². The van der Waals surface area contributed by atoms with Crippen LogP contribution in [0.15, 0.2) is 30.5 Å². The minimum absolute atomic E-state index is 0.850. The van der Waals surface area contributed by atoms with Crippen molar-refractivity contribution in [1.82, 2.24) is 15.7 Å². The number of rotatable bonds is 0. The van der Waals surface area contributed by atoms with Gasteiger partial charge in [-0.05, 0) is 6.07 Å². The van der Waals surface area contributed by atoms with Crippen molar-refractivity contribution in [3.05, 3.63) is 30.5 Å². The summed E-state index contributed by atoms with van der Waals surface area (Å²) in [5.74, 6) is 7.25. The molecule has 0 aliphatic rings. The fourth-order valence-electron chi connectivity index (χ4n) is 0.972. The Morgan fingerprint density at radius 1 is 1.30 bits per heavy atom. The van der Waals surface area contributed by atoms with E-state index in [2.05, 4.69) is 5.10 Å². The molecule has 0 aliphatic carbocycles. The van der Waals surface area contributed by atoms with Gasteiger partial charge < -0.3 is 0 Å². The predicted octanol–water partition coefficient (Wildman–Crippen LogP) is 1.08. The molecule has 49 valence electrons. The lowest BCUT2D eigenvalue weighted by molar-refractivity contribution is 0.736. The molecule has 0 saturated heterocycles. The van der Waals surface area contributed by atoms with E-state index in [0.29, 0.717) is 0 Å². The standard InChI is InChI=1S/C7H6N3/c8-10-7-4-2-1-3-6(7)5-9-10/h1-5,8H. The SMILES string of the molecule is [NH]n1ncc2ccccc21.